The first-order valence-corrected chi connectivity index (χ1v) is 9.20. The number of aryl methyl sites for hydroxylation is 1. The van der Waals surface area contributed by atoms with Gasteiger partial charge in [-0.3, -0.25) is 0 Å². The van der Waals surface area contributed by atoms with E-state index in [4.69, 9.17) is 0 Å². The lowest BCUT2D eigenvalue weighted by molar-refractivity contribution is 0.346. The maximum Gasteiger partial charge on any atom is 0.276 e. The van der Waals surface area contributed by atoms with Crippen LogP contribution >= 0.6 is 0 Å². The molecule has 4 nitrogen and oxygen atoms in total. The van der Waals surface area contributed by atoms with E-state index >= 15 is 0 Å². The Balaban J connectivity index is 1.79. The van der Waals surface area contributed by atoms with Gasteiger partial charge in [0.1, 0.15) is 0 Å². The van der Waals surface area contributed by atoms with Gasteiger partial charge in [-0.1, -0.05) is 30.5 Å². The number of hydrogen-bond acceptors (Lipinski definition) is 3. The van der Waals surface area contributed by atoms with Gasteiger partial charge in [0.2, 0.25) is 0 Å². The van der Waals surface area contributed by atoms with E-state index in [1.165, 1.54) is 12.8 Å². The second-order valence-electron chi connectivity index (χ2n) is 6.20. The molecular formula is C16H22N2O2S. The third-order valence-electron chi connectivity index (χ3n) is 4.67. The van der Waals surface area contributed by atoms with Gasteiger partial charge in [0.05, 0.1) is 4.90 Å². The summed E-state index contributed by atoms with van der Waals surface area (Å²) in [7, 11) is -3.54. The minimum atomic E-state index is -3.54. The highest BCUT2D eigenvalue weighted by Crippen LogP contribution is 2.37. The quantitative estimate of drug-likeness (QED) is 0.872. The van der Waals surface area contributed by atoms with Crippen LogP contribution in [0.3, 0.4) is 0 Å². The zero-order valence-electron chi connectivity index (χ0n) is 12.4. The van der Waals surface area contributed by atoms with Crippen molar-refractivity contribution in [3.63, 3.8) is 0 Å². The van der Waals surface area contributed by atoms with E-state index in [0.717, 1.165) is 37.0 Å². The number of hydrazone groups is 1. The number of benzene rings is 1. The monoisotopic (exact) mass is 306 g/mol. The molecule has 2 aliphatic rings. The van der Waals surface area contributed by atoms with Crippen molar-refractivity contribution >= 4 is 15.7 Å². The van der Waals surface area contributed by atoms with Crippen LogP contribution in [0.2, 0.25) is 0 Å². The Morgan fingerprint density at radius 2 is 1.52 bits per heavy atom. The van der Waals surface area contributed by atoms with E-state index in [2.05, 4.69) is 9.93 Å². The van der Waals surface area contributed by atoms with Crippen LogP contribution in [0.25, 0.3) is 0 Å². The van der Waals surface area contributed by atoms with Crippen LogP contribution in [-0.4, -0.2) is 14.1 Å². The summed E-state index contributed by atoms with van der Waals surface area (Å²) in [5, 5.41) is 4.32. The van der Waals surface area contributed by atoms with E-state index in [-0.39, 0.29) is 4.90 Å². The average molecular weight is 306 g/mol. The maximum absolute atomic E-state index is 12.3. The Bertz CT molecular complexity index is 611. The van der Waals surface area contributed by atoms with Crippen molar-refractivity contribution in [2.75, 3.05) is 0 Å². The molecule has 2 bridgehead atoms. The first-order chi connectivity index (χ1) is 10.1. The summed E-state index contributed by atoms with van der Waals surface area (Å²) in [5.41, 5.74) is 2.13. The Morgan fingerprint density at radius 3 is 2.05 bits per heavy atom. The fraction of sp³-hybridized carbons (Fsp3) is 0.562. The molecule has 2 saturated carbocycles. The van der Waals surface area contributed by atoms with Crippen molar-refractivity contribution in [1.82, 2.24) is 4.83 Å². The van der Waals surface area contributed by atoms with Gasteiger partial charge in [-0.05, 0) is 56.6 Å². The predicted octanol–water partition coefficient (Wildman–Crippen LogP) is 3.23. The molecule has 1 N–H and O–H groups in total. The molecule has 0 atom stereocenters. The molecule has 0 amide bonds. The smallest absolute Gasteiger partial charge is 0.200 e. The molecule has 0 heterocycles. The number of sulfonamides is 1. The zero-order chi connectivity index (χ0) is 14.9. The summed E-state index contributed by atoms with van der Waals surface area (Å²) in [6.45, 7) is 1.94. The van der Waals surface area contributed by atoms with Crippen molar-refractivity contribution in [2.45, 2.75) is 50.3 Å². The lowest BCUT2D eigenvalue weighted by atomic mass is 9.71. The minimum absolute atomic E-state index is 0.276. The molecule has 1 aromatic rings. The molecule has 0 aliphatic heterocycles. The van der Waals surface area contributed by atoms with Crippen LogP contribution in [0.1, 0.15) is 44.1 Å². The molecular weight excluding hydrogens is 284 g/mol. The number of fused-ring (bicyclic) bond motifs is 2. The Hall–Kier alpha value is -1.36. The molecule has 3 rings (SSSR count). The SMILES string of the molecule is Cc1ccc(S(=O)(=O)NN=C2C3CCCC2CCC3)cc1. The van der Waals surface area contributed by atoms with Gasteiger partial charge < -0.3 is 0 Å². The summed E-state index contributed by atoms with van der Waals surface area (Å²) < 4.78 is 24.6. The van der Waals surface area contributed by atoms with Gasteiger partial charge in [-0.2, -0.15) is 13.5 Å². The second kappa shape index (κ2) is 5.79. The lowest BCUT2D eigenvalue weighted by Crippen LogP contribution is -2.35. The Labute approximate surface area is 126 Å². The largest absolute Gasteiger partial charge is 0.276 e. The highest BCUT2D eigenvalue weighted by atomic mass is 32.2. The highest BCUT2D eigenvalue weighted by Gasteiger charge is 2.33. The van der Waals surface area contributed by atoms with Crippen LogP contribution < -0.4 is 4.83 Å². The van der Waals surface area contributed by atoms with Gasteiger partial charge in [-0.25, -0.2) is 4.83 Å². The number of nitrogens with one attached hydrogen (secondary N) is 1. The van der Waals surface area contributed by atoms with Gasteiger partial charge in [-0.15, -0.1) is 0 Å². The van der Waals surface area contributed by atoms with Gasteiger partial charge in [0.25, 0.3) is 10.0 Å². The highest BCUT2D eigenvalue weighted by molar-refractivity contribution is 7.89. The van der Waals surface area contributed by atoms with Crippen LogP contribution in [0, 0.1) is 18.8 Å². The number of hydrogen-bond donors (Lipinski definition) is 1. The summed E-state index contributed by atoms with van der Waals surface area (Å²) in [5.74, 6) is 0.969. The number of nitrogens with zero attached hydrogens (tertiary/aromatic N) is 1. The van der Waals surface area contributed by atoms with Crippen LogP contribution in [0.15, 0.2) is 34.3 Å². The molecule has 0 radical (unpaired) electrons. The van der Waals surface area contributed by atoms with E-state index < -0.39 is 10.0 Å². The van der Waals surface area contributed by atoms with Crippen molar-refractivity contribution in [3.8, 4) is 0 Å². The second-order valence-corrected chi connectivity index (χ2v) is 7.86. The van der Waals surface area contributed by atoms with Crippen molar-refractivity contribution < 1.29 is 8.42 Å². The van der Waals surface area contributed by atoms with E-state index in [9.17, 15) is 8.42 Å². The van der Waals surface area contributed by atoms with E-state index in [0.29, 0.717) is 11.8 Å². The summed E-state index contributed by atoms with van der Waals surface area (Å²) in [6, 6.07) is 6.85. The zero-order valence-corrected chi connectivity index (χ0v) is 13.2. The van der Waals surface area contributed by atoms with Gasteiger partial charge in [0.15, 0.2) is 0 Å². The molecule has 0 aromatic heterocycles. The van der Waals surface area contributed by atoms with Crippen LogP contribution in [0.5, 0.6) is 0 Å². The molecule has 2 aliphatic carbocycles. The molecule has 1 aromatic carbocycles. The lowest BCUT2D eigenvalue weighted by Gasteiger charge is -2.35. The Kier molecular flexibility index (Phi) is 4.02. The fourth-order valence-electron chi connectivity index (χ4n) is 3.50. The summed E-state index contributed by atoms with van der Waals surface area (Å²) >= 11 is 0. The molecule has 0 unspecified atom stereocenters. The predicted molar refractivity (Wildman–Crippen MR) is 83.6 cm³/mol. The summed E-state index contributed by atoms with van der Waals surface area (Å²) in [6.07, 6.45) is 7.12. The molecule has 5 heteroatoms. The normalized spacial score (nSPS) is 25.5. The van der Waals surface area contributed by atoms with Crippen LogP contribution in [0.4, 0.5) is 0 Å². The third kappa shape index (κ3) is 3.12. The van der Waals surface area contributed by atoms with Gasteiger partial charge in [0, 0.05) is 5.71 Å². The van der Waals surface area contributed by atoms with E-state index in [1.54, 1.807) is 24.3 Å². The van der Waals surface area contributed by atoms with Crippen LogP contribution in [-0.2, 0) is 10.0 Å². The topological polar surface area (TPSA) is 58.5 Å². The number of rotatable bonds is 3. The molecule has 0 saturated heterocycles. The van der Waals surface area contributed by atoms with Crippen molar-refractivity contribution in [1.29, 1.82) is 0 Å². The van der Waals surface area contributed by atoms with Gasteiger partial charge >= 0.3 is 0 Å². The molecule has 0 spiro atoms. The fourth-order valence-corrected chi connectivity index (χ4v) is 4.33. The molecule has 114 valence electrons. The summed E-state index contributed by atoms with van der Waals surface area (Å²) in [4.78, 5) is 2.73. The van der Waals surface area contributed by atoms with Crippen molar-refractivity contribution in [3.05, 3.63) is 29.8 Å². The molecule has 2 fully saturated rings. The third-order valence-corrected chi connectivity index (χ3v) is 5.90. The standard InChI is InChI=1S/C16H22N2O2S/c1-12-8-10-15(11-9-12)21(19,20)18-17-16-13-4-2-5-14(16)7-3-6-13/h8-11,13-14,18H,2-7H2,1H3. The maximum atomic E-state index is 12.3. The van der Waals surface area contributed by atoms with Crippen molar-refractivity contribution in [2.24, 2.45) is 16.9 Å². The Morgan fingerprint density at radius 1 is 1.00 bits per heavy atom. The average Bonchev–Trinajstić information content (AvgIpc) is 2.45. The first-order valence-electron chi connectivity index (χ1n) is 7.72. The molecule has 21 heavy (non-hydrogen) atoms. The minimum Gasteiger partial charge on any atom is -0.200 e. The first kappa shape index (κ1) is 14.6. The van der Waals surface area contributed by atoms with E-state index in [1.807, 2.05) is 6.92 Å².